The van der Waals surface area contributed by atoms with Gasteiger partial charge in [-0.3, -0.25) is 4.79 Å². The van der Waals surface area contributed by atoms with Crippen LogP contribution in [0.1, 0.15) is 49.4 Å². The second-order valence-electron chi connectivity index (χ2n) is 6.45. The SMILES string of the molecule is CCCOc1ccc(/C=C/C(=O)NCCCCc2nc(C)cs2)cc1OCC. The molecular weight excluding hydrogens is 372 g/mol. The number of benzene rings is 1. The van der Waals surface area contributed by atoms with Gasteiger partial charge in [0.1, 0.15) is 0 Å². The Morgan fingerprint density at radius 3 is 2.79 bits per heavy atom. The van der Waals surface area contributed by atoms with Crippen molar-refractivity contribution in [2.45, 2.75) is 46.5 Å². The normalized spacial score (nSPS) is 11.0. The summed E-state index contributed by atoms with van der Waals surface area (Å²) in [5.41, 5.74) is 1.98. The molecule has 0 spiro atoms. The molecule has 0 aliphatic rings. The number of carbonyl (C=O) groups is 1. The quantitative estimate of drug-likeness (QED) is 0.409. The van der Waals surface area contributed by atoms with Gasteiger partial charge in [0.2, 0.25) is 5.91 Å². The molecule has 0 bridgehead atoms. The number of nitrogens with zero attached hydrogens (tertiary/aromatic N) is 1. The highest BCUT2D eigenvalue weighted by atomic mass is 32.1. The van der Waals surface area contributed by atoms with Crippen molar-refractivity contribution in [3.63, 3.8) is 0 Å². The largest absolute Gasteiger partial charge is 0.490 e. The van der Waals surface area contributed by atoms with Gasteiger partial charge in [-0.1, -0.05) is 13.0 Å². The van der Waals surface area contributed by atoms with Crippen molar-refractivity contribution in [2.24, 2.45) is 0 Å². The maximum absolute atomic E-state index is 12.0. The predicted molar refractivity (Wildman–Crippen MR) is 115 cm³/mol. The molecule has 0 aliphatic carbocycles. The molecule has 0 saturated carbocycles. The van der Waals surface area contributed by atoms with Crippen molar-refractivity contribution < 1.29 is 14.3 Å². The van der Waals surface area contributed by atoms with Crippen LogP contribution in [0.25, 0.3) is 6.08 Å². The van der Waals surface area contributed by atoms with Crippen LogP contribution in [0.4, 0.5) is 0 Å². The summed E-state index contributed by atoms with van der Waals surface area (Å²) in [5.74, 6) is 1.35. The Labute approximate surface area is 171 Å². The number of ether oxygens (including phenoxy) is 2. The molecule has 28 heavy (non-hydrogen) atoms. The fourth-order valence-corrected chi connectivity index (χ4v) is 3.41. The highest BCUT2D eigenvalue weighted by molar-refractivity contribution is 7.09. The summed E-state index contributed by atoms with van der Waals surface area (Å²) in [7, 11) is 0. The van der Waals surface area contributed by atoms with Crippen LogP contribution in [-0.2, 0) is 11.2 Å². The Kier molecular flexibility index (Phi) is 9.55. The van der Waals surface area contributed by atoms with Gasteiger partial charge in [-0.15, -0.1) is 11.3 Å². The summed E-state index contributed by atoms with van der Waals surface area (Å²) in [6, 6.07) is 5.71. The fourth-order valence-electron chi connectivity index (χ4n) is 2.59. The lowest BCUT2D eigenvalue weighted by molar-refractivity contribution is -0.116. The zero-order chi connectivity index (χ0) is 20.2. The van der Waals surface area contributed by atoms with E-state index in [1.54, 1.807) is 23.5 Å². The standard InChI is InChI=1S/C22H30N2O3S/c1-4-14-27-19-11-9-18(15-20(19)26-5-2)10-12-21(25)23-13-7-6-8-22-24-17(3)16-28-22/h9-12,15-16H,4-8,13-14H2,1-3H3,(H,23,25)/b12-10+. The van der Waals surface area contributed by atoms with Crippen molar-refractivity contribution in [3.8, 4) is 11.5 Å². The molecule has 2 aromatic rings. The van der Waals surface area contributed by atoms with Crippen LogP contribution in [0, 0.1) is 6.92 Å². The van der Waals surface area contributed by atoms with Crippen LogP contribution in [0.5, 0.6) is 11.5 Å². The third-order valence-corrected chi connectivity index (χ3v) is 4.97. The van der Waals surface area contributed by atoms with Crippen molar-refractivity contribution in [3.05, 3.63) is 45.9 Å². The molecule has 0 fully saturated rings. The van der Waals surface area contributed by atoms with E-state index in [-0.39, 0.29) is 5.91 Å². The number of thiazole rings is 1. The van der Waals surface area contributed by atoms with E-state index in [1.165, 1.54) is 5.01 Å². The molecule has 0 unspecified atom stereocenters. The van der Waals surface area contributed by atoms with Crippen molar-refractivity contribution in [1.82, 2.24) is 10.3 Å². The molecule has 0 aliphatic heterocycles. The van der Waals surface area contributed by atoms with E-state index in [0.29, 0.717) is 25.5 Å². The smallest absolute Gasteiger partial charge is 0.243 e. The number of hydrogen-bond acceptors (Lipinski definition) is 5. The van der Waals surface area contributed by atoms with E-state index in [4.69, 9.17) is 9.47 Å². The van der Waals surface area contributed by atoms with Crippen LogP contribution in [0.3, 0.4) is 0 Å². The average Bonchev–Trinajstić information content (AvgIpc) is 3.10. The number of aryl methyl sites for hydroxylation is 2. The third-order valence-electron chi connectivity index (χ3n) is 3.94. The maximum Gasteiger partial charge on any atom is 0.243 e. The van der Waals surface area contributed by atoms with E-state index >= 15 is 0 Å². The van der Waals surface area contributed by atoms with Gasteiger partial charge in [-0.25, -0.2) is 4.98 Å². The average molecular weight is 403 g/mol. The molecule has 1 aromatic heterocycles. The number of hydrogen-bond donors (Lipinski definition) is 1. The summed E-state index contributed by atoms with van der Waals surface area (Å²) >= 11 is 1.70. The lowest BCUT2D eigenvalue weighted by atomic mass is 10.2. The van der Waals surface area contributed by atoms with Crippen molar-refractivity contribution >= 4 is 23.3 Å². The zero-order valence-corrected chi connectivity index (χ0v) is 17.8. The summed E-state index contributed by atoms with van der Waals surface area (Å²) in [6.45, 7) is 7.90. The molecule has 152 valence electrons. The Balaban J connectivity index is 1.76. The second-order valence-corrected chi connectivity index (χ2v) is 7.39. The van der Waals surface area contributed by atoms with E-state index in [1.807, 2.05) is 32.0 Å². The number of amides is 1. The Bertz CT molecular complexity index is 771. The molecule has 1 heterocycles. The molecule has 1 aromatic carbocycles. The van der Waals surface area contributed by atoms with Gasteiger partial charge in [0, 0.05) is 23.7 Å². The molecule has 0 atom stereocenters. The Morgan fingerprint density at radius 2 is 2.07 bits per heavy atom. The zero-order valence-electron chi connectivity index (χ0n) is 17.0. The van der Waals surface area contributed by atoms with Crippen LogP contribution in [-0.4, -0.2) is 30.6 Å². The molecule has 0 saturated heterocycles. The minimum absolute atomic E-state index is 0.0886. The van der Waals surface area contributed by atoms with Crippen LogP contribution >= 0.6 is 11.3 Å². The topological polar surface area (TPSA) is 60.5 Å². The first kappa shape index (κ1) is 22.0. The summed E-state index contributed by atoms with van der Waals surface area (Å²) in [5, 5.41) is 6.16. The fraction of sp³-hybridized carbons (Fsp3) is 0.455. The molecule has 6 heteroatoms. The lowest BCUT2D eigenvalue weighted by Crippen LogP contribution is -2.22. The molecule has 2 rings (SSSR count). The molecule has 1 N–H and O–H groups in total. The first-order valence-electron chi connectivity index (χ1n) is 9.89. The van der Waals surface area contributed by atoms with Gasteiger partial charge < -0.3 is 14.8 Å². The van der Waals surface area contributed by atoms with E-state index in [0.717, 1.165) is 42.7 Å². The van der Waals surface area contributed by atoms with E-state index in [9.17, 15) is 4.79 Å². The van der Waals surface area contributed by atoms with Gasteiger partial charge in [0.05, 0.1) is 18.2 Å². The number of nitrogens with one attached hydrogen (secondary N) is 1. The van der Waals surface area contributed by atoms with E-state index < -0.39 is 0 Å². The Hall–Kier alpha value is -2.34. The van der Waals surface area contributed by atoms with Crippen LogP contribution in [0.2, 0.25) is 0 Å². The number of aromatic nitrogens is 1. The van der Waals surface area contributed by atoms with Gasteiger partial charge in [0.15, 0.2) is 11.5 Å². The number of unbranched alkanes of at least 4 members (excludes halogenated alkanes) is 1. The van der Waals surface area contributed by atoms with Gasteiger partial charge in [-0.05, 0) is 63.3 Å². The van der Waals surface area contributed by atoms with Crippen LogP contribution < -0.4 is 14.8 Å². The number of carbonyl (C=O) groups excluding carboxylic acids is 1. The maximum atomic E-state index is 12.0. The van der Waals surface area contributed by atoms with Crippen LogP contribution in [0.15, 0.2) is 29.7 Å². The minimum atomic E-state index is -0.0886. The predicted octanol–water partition coefficient (Wildman–Crippen LogP) is 4.79. The van der Waals surface area contributed by atoms with Crippen molar-refractivity contribution in [1.29, 1.82) is 0 Å². The summed E-state index contributed by atoms with van der Waals surface area (Å²) in [6.07, 6.45) is 7.22. The lowest BCUT2D eigenvalue weighted by Gasteiger charge is -2.12. The molecular formula is C22H30N2O3S. The first-order chi connectivity index (χ1) is 13.6. The van der Waals surface area contributed by atoms with Crippen molar-refractivity contribution in [2.75, 3.05) is 19.8 Å². The van der Waals surface area contributed by atoms with Gasteiger partial charge in [-0.2, -0.15) is 0 Å². The highest BCUT2D eigenvalue weighted by Gasteiger charge is 2.06. The molecule has 0 radical (unpaired) electrons. The van der Waals surface area contributed by atoms with E-state index in [2.05, 4.69) is 22.6 Å². The molecule has 5 nitrogen and oxygen atoms in total. The highest BCUT2D eigenvalue weighted by Crippen LogP contribution is 2.29. The van der Waals surface area contributed by atoms with Gasteiger partial charge >= 0.3 is 0 Å². The summed E-state index contributed by atoms with van der Waals surface area (Å²) in [4.78, 5) is 16.5. The Morgan fingerprint density at radius 1 is 1.21 bits per heavy atom. The molecule has 1 amide bonds. The second kappa shape index (κ2) is 12.2. The number of rotatable bonds is 12. The minimum Gasteiger partial charge on any atom is -0.490 e. The van der Waals surface area contributed by atoms with Gasteiger partial charge in [0.25, 0.3) is 0 Å². The third kappa shape index (κ3) is 7.72. The first-order valence-corrected chi connectivity index (χ1v) is 10.8. The monoisotopic (exact) mass is 402 g/mol. The summed E-state index contributed by atoms with van der Waals surface area (Å²) < 4.78 is 11.3.